The number of benzene rings is 2. The Hall–Kier alpha value is -2.30. The van der Waals surface area contributed by atoms with Gasteiger partial charge in [-0.2, -0.15) is 4.31 Å². The second-order valence-corrected chi connectivity index (χ2v) is 10.5. The molecule has 29 heavy (non-hydrogen) atoms. The largest absolute Gasteiger partial charge is 0.490 e. The van der Waals surface area contributed by atoms with Gasteiger partial charge in [0.25, 0.3) is 10.0 Å². The van der Waals surface area contributed by atoms with E-state index in [1.165, 1.54) is 28.6 Å². The van der Waals surface area contributed by atoms with Crippen LogP contribution < -0.4 is 14.2 Å². The molecule has 0 atom stereocenters. The zero-order valence-electron chi connectivity index (χ0n) is 15.7. The van der Waals surface area contributed by atoms with Gasteiger partial charge in [0.1, 0.15) is 0 Å². The van der Waals surface area contributed by atoms with E-state index in [2.05, 4.69) is 4.72 Å². The molecule has 1 N–H and O–H groups in total. The first-order valence-corrected chi connectivity index (χ1v) is 12.3. The third-order valence-corrected chi connectivity index (χ3v) is 8.15. The maximum absolute atomic E-state index is 12.7. The molecule has 0 saturated carbocycles. The minimum Gasteiger partial charge on any atom is -0.490 e. The molecule has 2 aromatic rings. The minimum absolute atomic E-state index is 0.0232. The lowest BCUT2D eigenvalue weighted by Gasteiger charge is -2.16. The Balaban J connectivity index is 1.54. The van der Waals surface area contributed by atoms with E-state index in [9.17, 15) is 16.8 Å². The van der Waals surface area contributed by atoms with Crippen molar-refractivity contribution in [1.82, 2.24) is 4.31 Å². The van der Waals surface area contributed by atoms with Gasteiger partial charge in [-0.25, -0.2) is 16.8 Å². The summed E-state index contributed by atoms with van der Waals surface area (Å²) >= 11 is 0. The van der Waals surface area contributed by atoms with Crippen LogP contribution >= 0.6 is 0 Å². The van der Waals surface area contributed by atoms with Gasteiger partial charge >= 0.3 is 0 Å². The summed E-state index contributed by atoms with van der Waals surface area (Å²) < 4.78 is 65.6. The fraction of sp³-hybridized carbons (Fsp3) is 0.368. The van der Waals surface area contributed by atoms with Gasteiger partial charge in [0.2, 0.25) is 10.0 Å². The van der Waals surface area contributed by atoms with E-state index in [-0.39, 0.29) is 9.79 Å². The fourth-order valence-corrected chi connectivity index (χ4v) is 5.88. The summed E-state index contributed by atoms with van der Waals surface area (Å²) in [4.78, 5) is 0.0684. The Morgan fingerprint density at radius 1 is 0.759 bits per heavy atom. The van der Waals surface area contributed by atoms with Crippen LogP contribution in [0.15, 0.2) is 52.3 Å². The number of nitrogens with one attached hydrogen (secondary N) is 1. The molecule has 10 heteroatoms. The van der Waals surface area contributed by atoms with Crippen LogP contribution in [0.2, 0.25) is 0 Å². The minimum atomic E-state index is -3.89. The van der Waals surface area contributed by atoms with Crippen molar-refractivity contribution in [3.8, 4) is 11.5 Å². The van der Waals surface area contributed by atoms with Gasteiger partial charge in [0.15, 0.2) is 11.5 Å². The van der Waals surface area contributed by atoms with Gasteiger partial charge in [-0.1, -0.05) is 0 Å². The van der Waals surface area contributed by atoms with E-state index in [0.717, 1.165) is 19.3 Å². The third kappa shape index (κ3) is 4.19. The predicted octanol–water partition coefficient (Wildman–Crippen LogP) is 2.43. The predicted molar refractivity (Wildman–Crippen MR) is 107 cm³/mol. The molecule has 8 nitrogen and oxygen atoms in total. The molecule has 0 aromatic heterocycles. The monoisotopic (exact) mass is 438 g/mol. The Morgan fingerprint density at radius 3 is 2.07 bits per heavy atom. The molecule has 0 bridgehead atoms. The number of nitrogens with zero attached hydrogens (tertiary/aromatic N) is 1. The molecule has 0 amide bonds. The molecule has 0 radical (unpaired) electrons. The van der Waals surface area contributed by atoms with Crippen LogP contribution in [0.3, 0.4) is 0 Å². The molecule has 2 heterocycles. The van der Waals surface area contributed by atoms with E-state index >= 15 is 0 Å². The van der Waals surface area contributed by atoms with Gasteiger partial charge in [0.05, 0.1) is 28.7 Å². The van der Waals surface area contributed by atoms with Crippen molar-refractivity contribution in [2.24, 2.45) is 0 Å². The zero-order valence-corrected chi connectivity index (χ0v) is 17.3. The van der Waals surface area contributed by atoms with Crippen molar-refractivity contribution in [3.63, 3.8) is 0 Å². The average Bonchev–Trinajstić information content (AvgIpc) is 3.15. The van der Waals surface area contributed by atoms with Gasteiger partial charge in [-0.3, -0.25) is 4.72 Å². The van der Waals surface area contributed by atoms with E-state index < -0.39 is 20.0 Å². The molecule has 156 valence electrons. The Bertz CT molecular complexity index is 1090. The number of fused-ring (bicyclic) bond motifs is 1. The molecule has 4 rings (SSSR count). The molecule has 0 unspecified atom stereocenters. The summed E-state index contributed by atoms with van der Waals surface area (Å²) in [6.45, 7) is 2.03. The van der Waals surface area contributed by atoms with Crippen LogP contribution in [0.25, 0.3) is 0 Å². The summed E-state index contributed by atoms with van der Waals surface area (Å²) in [6.07, 6.45) is 2.43. The SMILES string of the molecule is O=S(=O)(Nc1ccc2c(c1)OCCCO2)c1ccc(S(=O)(=O)N2CCCC2)cc1. The van der Waals surface area contributed by atoms with Crippen molar-refractivity contribution in [2.45, 2.75) is 29.1 Å². The van der Waals surface area contributed by atoms with Crippen molar-refractivity contribution < 1.29 is 26.3 Å². The van der Waals surface area contributed by atoms with Crippen molar-refractivity contribution >= 4 is 25.7 Å². The van der Waals surface area contributed by atoms with Crippen molar-refractivity contribution in [3.05, 3.63) is 42.5 Å². The first-order valence-electron chi connectivity index (χ1n) is 9.39. The molecule has 2 aliphatic rings. The second kappa shape index (κ2) is 7.85. The van der Waals surface area contributed by atoms with E-state index in [1.807, 2.05) is 0 Å². The lowest BCUT2D eigenvalue weighted by atomic mass is 10.3. The highest BCUT2D eigenvalue weighted by Crippen LogP contribution is 2.33. The van der Waals surface area contributed by atoms with Gasteiger partial charge in [-0.05, 0) is 49.2 Å². The Labute approximate surface area is 170 Å². The van der Waals surface area contributed by atoms with Gasteiger partial charge < -0.3 is 9.47 Å². The maximum Gasteiger partial charge on any atom is 0.261 e. The second-order valence-electron chi connectivity index (χ2n) is 6.90. The summed E-state index contributed by atoms with van der Waals surface area (Å²) in [5.74, 6) is 1.05. The standard InChI is InChI=1S/C19H22N2O6S2/c22-28(23,20-15-4-9-18-19(14-15)27-13-3-12-26-18)16-5-7-17(8-6-16)29(24,25)21-10-1-2-11-21/h4-9,14,20H,1-3,10-13H2. The highest BCUT2D eigenvalue weighted by Gasteiger charge is 2.27. The summed E-state index contributed by atoms with van der Waals surface area (Å²) in [6, 6.07) is 10.1. The first-order chi connectivity index (χ1) is 13.9. The van der Waals surface area contributed by atoms with E-state index in [0.29, 0.717) is 43.5 Å². The first kappa shape index (κ1) is 20.0. The maximum atomic E-state index is 12.7. The van der Waals surface area contributed by atoms with Gasteiger partial charge in [0, 0.05) is 25.6 Å². The molecule has 1 saturated heterocycles. The number of ether oxygens (including phenoxy) is 2. The van der Waals surface area contributed by atoms with Crippen LogP contribution in [-0.4, -0.2) is 47.4 Å². The fourth-order valence-electron chi connectivity index (χ4n) is 3.31. The van der Waals surface area contributed by atoms with Crippen LogP contribution in [-0.2, 0) is 20.0 Å². The number of hydrogen-bond acceptors (Lipinski definition) is 6. The lowest BCUT2D eigenvalue weighted by Crippen LogP contribution is -2.27. The zero-order chi connectivity index (χ0) is 20.5. The molecular formula is C19H22N2O6S2. The quantitative estimate of drug-likeness (QED) is 0.769. The number of hydrogen-bond donors (Lipinski definition) is 1. The van der Waals surface area contributed by atoms with Crippen LogP contribution in [0, 0.1) is 0 Å². The van der Waals surface area contributed by atoms with Crippen LogP contribution in [0.5, 0.6) is 11.5 Å². The topological polar surface area (TPSA) is 102 Å². The lowest BCUT2D eigenvalue weighted by molar-refractivity contribution is 0.297. The Kier molecular flexibility index (Phi) is 5.41. The van der Waals surface area contributed by atoms with Crippen LogP contribution in [0.1, 0.15) is 19.3 Å². The molecule has 0 aliphatic carbocycles. The molecule has 0 spiro atoms. The highest BCUT2D eigenvalue weighted by atomic mass is 32.2. The molecular weight excluding hydrogens is 416 g/mol. The highest BCUT2D eigenvalue weighted by molar-refractivity contribution is 7.92. The molecule has 2 aromatic carbocycles. The van der Waals surface area contributed by atoms with Crippen molar-refractivity contribution in [1.29, 1.82) is 0 Å². The summed E-state index contributed by atoms with van der Waals surface area (Å²) in [7, 11) is -7.47. The number of sulfonamides is 2. The Morgan fingerprint density at radius 2 is 1.38 bits per heavy atom. The van der Waals surface area contributed by atoms with E-state index in [1.54, 1.807) is 18.2 Å². The average molecular weight is 439 g/mol. The van der Waals surface area contributed by atoms with Crippen LogP contribution in [0.4, 0.5) is 5.69 Å². The molecule has 2 aliphatic heterocycles. The summed E-state index contributed by atoms with van der Waals surface area (Å²) in [5, 5.41) is 0. The normalized spacial score (nSPS) is 17.7. The summed E-state index contributed by atoms with van der Waals surface area (Å²) in [5.41, 5.74) is 0.336. The van der Waals surface area contributed by atoms with E-state index in [4.69, 9.17) is 9.47 Å². The molecule has 1 fully saturated rings. The van der Waals surface area contributed by atoms with Crippen molar-refractivity contribution in [2.75, 3.05) is 31.0 Å². The number of rotatable bonds is 5. The number of anilines is 1. The smallest absolute Gasteiger partial charge is 0.261 e. The van der Waals surface area contributed by atoms with Gasteiger partial charge in [-0.15, -0.1) is 0 Å². The third-order valence-electron chi connectivity index (χ3n) is 4.84.